The van der Waals surface area contributed by atoms with E-state index in [1.54, 1.807) is 0 Å². The molecule has 0 atom stereocenters. The summed E-state index contributed by atoms with van der Waals surface area (Å²) in [4.78, 5) is 11.3. The number of hydrogen-bond acceptors (Lipinski definition) is 2. The largest absolute Gasteiger partial charge is 0.350 e. The van der Waals surface area contributed by atoms with E-state index in [4.69, 9.17) is 0 Å². The molecule has 0 radical (unpaired) electrons. The van der Waals surface area contributed by atoms with Gasteiger partial charge in [-0.1, -0.05) is 11.6 Å². The van der Waals surface area contributed by atoms with Crippen LogP contribution in [-0.2, 0) is 4.79 Å². The molecule has 14 heavy (non-hydrogen) atoms. The van der Waals surface area contributed by atoms with Crippen molar-refractivity contribution in [3.05, 3.63) is 11.6 Å². The minimum Gasteiger partial charge on any atom is -0.350 e. The van der Waals surface area contributed by atoms with Crippen molar-refractivity contribution in [1.29, 1.82) is 0 Å². The lowest BCUT2D eigenvalue weighted by atomic mass is 10.1. The van der Waals surface area contributed by atoms with Crippen LogP contribution in [0.2, 0.25) is 0 Å². The summed E-state index contributed by atoms with van der Waals surface area (Å²) in [6, 6.07) is 0. The fourth-order valence-electron chi connectivity index (χ4n) is 0.924. The van der Waals surface area contributed by atoms with Crippen molar-refractivity contribution in [2.24, 2.45) is 0 Å². The maximum absolute atomic E-state index is 11.3. The summed E-state index contributed by atoms with van der Waals surface area (Å²) in [5.41, 5.74) is 1.11. The van der Waals surface area contributed by atoms with Crippen molar-refractivity contribution in [2.75, 3.05) is 13.1 Å². The van der Waals surface area contributed by atoms with Gasteiger partial charge < -0.3 is 10.6 Å². The van der Waals surface area contributed by atoms with Crippen molar-refractivity contribution in [3.8, 4) is 0 Å². The topological polar surface area (TPSA) is 41.1 Å². The maximum atomic E-state index is 11.3. The third-order valence-electron chi connectivity index (χ3n) is 1.45. The van der Waals surface area contributed by atoms with E-state index in [0.29, 0.717) is 6.54 Å². The van der Waals surface area contributed by atoms with Crippen LogP contribution >= 0.6 is 0 Å². The normalized spacial score (nSPS) is 10.9. The van der Waals surface area contributed by atoms with E-state index in [1.807, 2.05) is 34.6 Å². The molecule has 1 amide bonds. The highest BCUT2D eigenvalue weighted by Gasteiger charge is 2.12. The molecule has 0 aliphatic heterocycles. The number of allylic oxidation sites excluding steroid dienone is 1. The van der Waals surface area contributed by atoms with Crippen LogP contribution in [0, 0.1) is 0 Å². The SMILES string of the molecule is CC(C)=CCNCC(=O)NC(C)(C)C. The second-order valence-corrected chi connectivity index (χ2v) is 4.71. The molecule has 0 spiro atoms. The van der Waals surface area contributed by atoms with Crippen molar-refractivity contribution in [2.45, 2.75) is 40.2 Å². The molecule has 0 bridgehead atoms. The van der Waals surface area contributed by atoms with E-state index in [1.165, 1.54) is 5.57 Å². The number of hydrogen-bond donors (Lipinski definition) is 2. The summed E-state index contributed by atoms with van der Waals surface area (Å²) >= 11 is 0. The van der Waals surface area contributed by atoms with Crippen molar-refractivity contribution in [3.63, 3.8) is 0 Å². The molecule has 0 aliphatic carbocycles. The van der Waals surface area contributed by atoms with Gasteiger partial charge in [-0.3, -0.25) is 4.79 Å². The van der Waals surface area contributed by atoms with Crippen LogP contribution in [0.4, 0.5) is 0 Å². The first-order chi connectivity index (χ1) is 6.31. The van der Waals surface area contributed by atoms with Crippen LogP contribution in [0.3, 0.4) is 0 Å². The molecule has 0 fully saturated rings. The Kier molecular flexibility index (Phi) is 5.46. The zero-order chi connectivity index (χ0) is 11.2. The van der Waals surface area contributed by atoms with Gasteiger partial charge in [0.25, 0.3) is 0 Å². The van der Waals surface area contributed by atoms with E-state index >= 15 is 0 Å². The zero-order valence-corrected chi connectivity index (χ0v) is 9.90. The molecular weight excluding hydrogens is 176 g/mol. The highest BCUT2D eigenvalue weighted by atomic mass is 16.2. The Balaban J connectivity index is 3.61. The molecule has 0 saturated heterocycles. The molecule has 0 heterocycles. The predicted octanol–water partition coefficient (Wildman–Crippen LogP) is 1.46. The van der Waals surface area contributed by atoms with E-state index in [0.717, 1.165) is 6.54 Å². The molecule has 0 aliphatic rings. The average molecular weight is 198 g/mol. The fraction of sp³-hybridized carbons (Fsp3) is 0.727. The Hall–Kier alpha value is -0.830. The van der Waals surface area contributed by atoms with Gasteiger partial charge in [0.05, 0.1) is 6.54 Å². The van der Waals surface area contributed by atoms with Crippen molar-refractivity contribution < 1.29 is 4.79 Å². The molecule has 3 heteroatoms. The summed E-state index contributed by atoms with van der Waals surface area (Å²) in [5, 5.41) is 5.94. The molecule has 0 aromatic heterocycles. The monoisotopic (exact) mass is 198 g/mol. The van der Waals surface area contributed by atoms with Gasteiger partial charge in [0.2, 0.25) is 5.91 Å². The Morgan fingerprint density at radius 3 is 2.29 bits per heavy atom. The third kappa shape index (κ3) is 9.26. The lowest BCUT2D eigenvalue weighted by molar-refractivity contribution is -0.121. The summed E-state index contributed by atoms with van der Waals surface area (Å²) < 4.78 is 0. The summed E-state index contributed by atoms with van der Waals surface area (Å²) in [6.07, 6.45) is 2.06. The lowest BCUT2D eigenvalue weighted by Gasteiger charge is -2.20. The summed E-state index contributed by atoms with van der Waals surface area (Å²) in [7, 11) is 0. The number of carbonyl (C=O) groups is 1. The van der Waals surface area contributed by atoms with E-state index in [9.17, 15) is 4.79 Å². The smallest absolute Gasteiger partial charge is 0.234 e. The Morgan fingerprint density at radius 2 is 1.86 bits per heavy atom. The van der Waals surface area contributed by atoms with Crippen molar-refractivity contribution in [1.82, 2.24) is 10.6 Å². The molecular formula is C11H22N2O. The fourth-order valence-corrected chi connectivity index (χ4v) is 0.924. The van der Waals surface area contributed by atoms with Crippen molar-refractivity contribution >= 4 is 5.91 Å². The highest BCUT2D eigenvalue weighted by molar-refractivity contribution is 5.78. The van der Waals surface area contributed by atoms with Gasteiger partial charge in [0.15, 0.2) is 0 Å². The second kappa shape index (κ2) is 5.81. The molecule has 0 unspecified atom stereocenters. The molecule has 0 aromatic carbocycles. The number of rotatable bonds is 4. The zero-order valence-electron chi connectivity index (χ0n) is 9.90. The number of carbonyl (C=O) groups excluding carboxylic acids is 1. The van der Waals surface area contributed by atoms with Crippen LogP contribution in [0.1, 0.15) is 34.6 Å². The molecule has 0 rings (SSSR count). The van der Waals surface area contributed by atoms with E-state index in [2.05, 4.69) is 16.7 Å². The second-order valence-electron chi connectivity index (χ2n) is 4.71. The van der Waals surface area contributed by atoms with Gasteiger partial charge in [-0.05, 0) is 34.6 Å². The number of amides is 1. The van der Waals surface area contributed by atoms with Gasteiger partial charge >= 0.3 is 0 Å². The Labute approximate surface area is 87.0 Å². The minimum atomic E-state index is -0.144. The van der Waals surface area contributed by atoms with E-state index < -0.39 is 0 Å². The van der Waals surface area contributed by atoms with Gasteiger partial charge in [0, 0.05) is 12.1 Å². The van der Waals surface area contributed by atoms with Gasteiger partial charge in [-0.2, -0.15) is 0 Å². The molecule has 3 nitrogen and oxygen atoms in total. The first-order valence-electron chi connectivity index (χ1n) is 4.96. The quantitative estimate of drug-likeness (QED) is 0.530. The first kappa shape index (κ1) is 13.2. The standard InChI is InChI=1S/C11H22N2O/c1-9(2)6-7-12-8-10(14)13-11(3,4)5/h6,12H,7-8H2,1-5H3,(H,13,14). The summed E-state index contributed by atoms with van der Waals surface area (Å²) in [5.74, 6) is 0.0413. The Bertz CT molecular complexity index is 210. The predicted molar refractivity (Wildman–Crippen MR) is 60.2 cm³/mol. The number of nitrogens with one attached hydrogen (secondary N) is 2. The molecule has 82 valence electrons. The molecule has 0 saturated carbocycles. The van der Waals surface area contributed by atoms with Crippen LogP contribution in [0.5, 0.6) is 0 Å². The first-order valence-corrected chi connectivity index (χ1v) is 4.96. The van der Waals surface area contributed by atoms with Gasteiger partial charge in [-0.25, -0.2) is 0 Å². The van der Waals surface area contributed by atoms with Gasteiger partial charge in [-0.15, -0.1) is 0 Å². The molecule has 2 N–H and O–H groups in total. The minimum absolute atomic E-state index is 0.0413. The van der Waals surface area contributed by atoms with E-state index in [-0.39, 0.29) is 11.4 Å². The van der Waals surface area contributed by atoms with Gasteiger partial charge in [0.1, 0.15) is 0 Å². The van der Waals surface area contributed by atoms with Crippen LogP contribution in [0.25, 0.3) is 0 Å². The third-order valence-corrected chi connectivity index (χ3v) is 1.45. The average Bonchev–Trinajstić information content (AvgIpc) is 1.94. The summed E-state index contributed by atoms with van der Waals surface area (Å²) in [6.45, 7) is 11.1. The maximum Gasteiger partial charge on any atom is 0.234 e. The van der Waals surface area contributed by atoms with Crippen LogP contribution in [0.15, 0.2) is 11.6 Å². The van der Waals surface area contributed by atoms with Crippen LogP contribution in [-0.4, -0.2) is 24.5 Å². The Morgan fingerprint density at radius 1 is 1.29 bits per heavy atom. The lowest BCUT2D eigenvalue weighted by Crippen LogP contribution is -2.44. The molecule has 0 aromatic rings. The van der Waals surface area contributed by atoms with Crippen LogP contribution < -0.4 is 10.6 Å². The highest BCUT2D eigenvalue weighted by Crippen LogP contribution is 1.97.